The molecule has 0 atom stereocenters. The number of nitrogens with one attached hydrogen (secondary N) is 1. The molecule has 0 fully saturated rings. The van der Waals surface area contributed by atoms with Crippen LogP contribution in [0.1, 0.15) is 17.6 Å². The summed E-state index contributed by atoms with van der Waals surface area (Å²) in [7, 11) is 0. The molecule has 3 nitrogen and oxygen atoms in total. The Labute approximate surface area is 70.8 Å². The third-order valence-corrected chi connectivity index (χ3v) is 1.53. The van der Waals surface area contributed by atoms with Crippen molar-refractivity contribution in [3.8, 4) is 0 Å². The van der Waals surface area contributed by atoms with Crippen LogP contribution in [0.2, 0.25) is 0 Å². The zero-order chi connectivity index (χ0) is 10.0. The molecule has 6 heteroatoms. The monoisotopic (exact) mass is 193 g/mol. The Morgan fingerprint density at radius 3 is 2.62 bits per heavy atom. The Balaban J connectivity index is 3.38. The Morgan fingerprint density at radius 1 is 1.54 bits per heavy atom. The second-order valence-corrected chi connectivity index (χ2v) is 2.34. The molecule has 72 valence electrons. The van der Waals surface area contributed by atoms with E-state index in [1.807, 2.05) is 0 Å². The summed E-state index contributed by atoms with van der Waals surface area (Å²) in [6, 6.07) is 0.498. The number of aliphatic hydroxyl groups excluding tert-OH is 1. The third-order valence-electron chi connectivity index (χ3n) is 1.53. The number of alkyl halides is 2. The molecule has 0 spiro atoms. The van der Waals surface area contributed by atoms with Gasteiger partial charge in [-0.05, 0) is 0 Å². The smallest absolute Gasteiger partial charge is 0.264 e. The maximum absolute atomic E-state index is 12.4. The van der Waals surface area contributed by atoms with E-state index < -0.39 is 35.7 Å². The van der Waals surface area contributed by atoms with Gasteiger partial charge in [-0.2, -0.15) is 4.39 Å². The minimum absolute atomic E-state index is 0.498. The first-order valence-electron chi connectivity index (χ1n) is 3.37. The predicted octanol–water partition coefficient (Wildman–Crippen LogP) is 0.944. The summed E-state index contributed by atoms with van der Waals surface area (Å²) in [4.78, 5) is 12.5. The van der Waals surface area contributed by atoms with E-state index in [9.17, 15) is 18.0 Å². The molecule has 0 unspecified atom stereocenters. The van der Waals surface area contributed by atoms with Crippen LogP contribution in [-0.2, 0) is 6.61 Å². The number of aromatic amines is 1. The second kappa shape index (κ2) is 3.61. The lowest BCUT2D eigenvalue weighted by Gasteiger charge is -2.04. The van der Waals surface area contributed by atoms with Gasteiger partial charge in [0, 0.05) is 11.6 Å². The first-order chi connectivity index (χ1) is 6.06. The number of halogens is 3. The second-order valence-electron chi connectivity index (χ2n) is 2.34. The summed E-state index contributed by atoms with van der Waals surface area (Å²) in [5.74, 6) is -1.14. The summed E-state index contributed by atoms with van der Waals surface area (Å²) < 4.78 is 36.7. The maximum Gasteiger partial charge on any atom is 0.264 e. The van der Waals surface area contributed by atoms with Crippen molar-refractivity contribution in [2.75, 3.05) is 0 Å². The van der Waals surface area contributed by atoms with Gasteiger partial charge in [0.05, 0.1) is 12.2 Å². The van der Waals surface area contributed by atoms with Crippen LogP contribution < -0.4 is 5.56 Å². The number of aliphatic hydroxyl groups is 1. The average molecular weight is 193 g/mol. The SMILES string of the molecule is O=c1[nH]c(F)cc(C(F)F)c1CO. The van der Waals surface area contributed by atoms with Gasteiger partial charge in [-0.1, -0.05) is 0 Å². The largest absolute Gasteiger partial charge is 0.391 e. The Kier molecular flexibility index (Phi) is 2.72. The minimum atomic E-state index is -2.97. The van der Waals surface area contributed by atoms with Crippen molar-refractivity contribution in [2.45, 2.75) is 13.0 Å². The van der Waals surface area contributed by atoms with Crippen molar-refractivity contribution in [1.82, 2.24) is 4.98 Å². The molecular formula is C7H6F3NO2. The molecule has 2 N–H and O–H groups in total. The van der Waals surface area contributed by atoms with E-state index in [1.54, 1.807) is 4.98 Å². The van der Waals surface area contributed by atoms with Gasteiger partial charge in [0.1, 0.15) is 0 Å². The fraction of sp³-hybridized carbons (Fsp3) is 0.286. The van der Waals surface area contributed by atoms with Crippen molar-refractivity contribution >= 4 is 0 Å². The summed E-state index contributed by atoms with van der Waals surface area (Å²) in [6.45, 7) is -0.838. The first kappa shape index (κ1) is 9.79. The average Bonchev–Trinajstić information content (AvgIpc) is 2.02. The molecule has 1 heterocycles. The lowest BCUT2D eigenvalue weighted by Crippen LogP contribution is -2.17. The highest BCUT2D eigenvalue weighted by atomic mass is 19.3. The van der Waals surface area contributed by atoms with E-state index in [0.717, 1.165) is 0 Å². The van der Waals surface area contributed by atoms with Gasteiger partial charge in [-0.25, -0.2) is 8.78 Å². The highest BCUT2D eigenvalue weighted by Gasteiger charge is 2.16. The zero-order valence-electron chi connectivity index (χ0n) is 6.35. The number of hydrogen-bond acceptors (Lipinski definition) is 2. The van der Waals surface area contributed by atoms with Gasteiger partial charge >= 0.3 is 0 Å². The van der Waals surface area contributed by atoms with Gasteiger partial charge in [0.25, 0.3) is 12.0 Å². The molecule has 0 saturated heterocycles. The van der Waals surface area contributed by atoms with Crippen molar-refractivity contribution in [3.05, 3.63) is 33.5 Å². The first-order valence-corrected chi connectivity index (χ1v) is 3.37. The Hall–Kier alpha value is -1.30. The minimum Gasteiger partial charge on any atom is -0.391 e. The molecule has 0 saturated carbocycles. The Bertz CT molecular complexity index is 361. The Morgan fingerprint density at radius 2 is 2.15 bits per heavy atom. The van der Waals surface area contributed by atoms with Gasteiger partial charge in [-0.15, -0.1) is 0 Å². The van der Waals surface area contributed by atoms with E-state index in [1.165, 1.54) is 0 Å². The van der Waals surface area contributed by atoms with Crippen LogP contribution in [-0.4, -0.2) is 10.1 Å². The molecule has 0 aliphatic heterocycles. The van der Waals surface area contributed by atoms with Gasteiger partial charge < -0.3 is 5.11 Å². The van der Waals surface area contributed by atoms with Crippen LogP contribution in [0, 0.1) is 5.95 Å². The number of hydrogen-bond donors (Lipinski definition) is 2. The summed E-state index contributed by atoms with van der Waals surface area (Å²) in [5.41, 5.74) is -2.31. The highest BCUT2D eigenvalue weighted by Crippen LogP contribution is 2.20. The molecule has 1 aromatic heterocycles. The zero-order valence-corrected chi connectivity index (χ0v) is 6.35. The van der Waals surface area contributed by atoms with E-state index in [2.05, 4.69) is 0 Å². The number of pyridine rings is 1. The molecule has 1 rings (SSSR count). The summed E-state index contributed by atoms with van der Waals surface area (Å²) in [5, 5.41) is 8.56. The van der Waals surface area contributed by atoms with E-state index >= 15 is 0 Å². The van der Waals surface area contributed by atoms with Crippen molar-refractivity contribution in [2.24, 2.45) is 0 Å². The number of rotatable bonds is 2. The van der Waals surface area contributed by atoms with Crippen molar-refractivity contribution in [3.63, 3.8) is 0 Å². The quantitative estimate of drug-likeness (QED) is 0.687. The fourth-order valence-electron chi connectivity index (χ4n) is 0.933. The molecule has 13 heavy (non-hydrogen) atoms. The molecule has 0 bridgehead atoms. The maximum atomic E-state index is 12.4. The third kappa shape index (κ3) is 1.89. The van der Waals surface area contributed by atoms with Crippen molar-refractivity contribution < 1.29 is 18.3 Å². The highest BCUT2D eigenvalue weighted by molar-refractivity contribution is 5.24. The molecule has 0 amide bonds. The van der Waals surface area contributed by atoms with Crippen LogP contribution in [0.15, 0.2) is 10.9 Å². The van der Waals surface area contributed by atoms with E-state index in [4.69, 9.17) is 5.11 Å². The predicted molar refractivity (Wildman–Crippen MR) is 37.9 cm³/mol. The molecule has 1 aromatic rings. The summed E-state index contributed by atoms with van der Waals surface area (Å²) in [6.07, 6.45) is -2.97. The van der Waals surface area contributed by atoms with E-state index in [0.29, 0.717) is 6.07 Å². The lowest BCUT2D eigenvalue weighted by atomic mass is 10.1. The summed E-state index contributed by atoms with van der Waals surface area (Å²) >= 11 is 0. The van der Waals surface area contributed by atoms with Crippen LogP contribution in [0.3, 0.4) is 0 Å². The number of H-pyrrole nitrogens is 1. The topological polar surface area (TPSA) is 53.1 Å². The van der Waals surface area contributed by atoms with Gasteiger partial charge in [0.15, 0.2) is 5.95 Å². The lowest BCUT2D eigenvalue weighted by molar-refractivity contribution is 0.146. The van der Waals surface area contributed by atoms with Crippen LogP contribution in [0.25, 0.3) is 0 Å². The van der Waals surface area contributed by atoms with Gasteiger partial charge in [-0.3, -0.25) is 9.78 Å². The molecule has 0 aliphatic carbocycles. The van der Waals surface area contributed by atoms with Crippen LogP contribution in [0.5, 0.6) is 0 Å². The molecule has 0 aliphatic rings. The number of aromatic nitrogens is 1. The molecular weight excluding hydrogens is 187 g/mol. The van der Waals surface area contributed by atoms with Crippen LogP contribution in [0.4, 0.5) is 13.2 Å². The fourth-order valence-corrected chi connectivity index (χ4v) is 0.933. The van der Waals surface area contributed by atoms with Crippen molar-refractivity contribution in [1.29, 1.82) is 0 Å². The molecule has 0 aromatic carbocycles. The molecule has 0 radical (unpaired) electrons. The normalized spacial score (nSPS) is 10.8. The van der Waals surface area contributed by atoms with Gasteiger partial charge in [0.2, 0.25) is 0 Å². The van der Waals surface area contributed by atoms with E-state index in [-0.39, 0.29) is 0 Å². The standard InChI is InChI=1S/C7H6F3NO2/c8-5-1-3(6(9)10)4(2-12)7(13)11-5/h1,6,12H,2H2,(H,11,13). The van der Waals surface area contributed by atoms with Crippen LogP contribution >= 0.6 is 0 Å².